The number of phenolic OH excluding ortho intramolecular Hbond substituents is 1. The van der Waals surface area contributed by atoms with Gasteiger partial charge in [-0.3, -0.25) is 4.79 Å². The van der Waals surface area contributed by atoms with Crippen LogP contribution in [0, 0.1) is 13.8 Å². The van der Waals surface area contributed by atoms with E-state index in [1.54, 1.807) is 18.2 Å². The molecule has 1 aliphatic rings. The molecular weight excluding hydrogens is 432 g/mol. The zero-order chi connectivity index (χ0) is 23.5. The second kappa shape index (κ2) is 9.89. The summed E-state index contributed by atoms with van der Waals surface area (Å²) in [6.07, 6.45) is 0. The number of ether oxygens (including phenoxy) is 1. The number of hydrogen-bond donors (Lipinski definition) is 1. The van der Waals surface area contributed by atoms with Crippen molar-refractivity contribution in [1.29, 1.82) is 0 Å². The number of likely N-dealkylation sites (N-methyl/N-ethyl adjacent to an activating group) is 1. The highest BCUT2D eigenvalue weighted by atomic mass is 32.2. The van der Waals surface area contributed by atoms with Crippen LogP contribution < -0.4 is 4.74 Å². The van der Waals surface area contributed by atoms with Gasteiger partial charge in [0, 0.05) is 30.1 Å². The van der Waals surface area contributed by atoms with Gasteiger partial charge < -0.3 is 19.6 Å². The number of nitrogens with zero attached hydrogens (tertiary/aromatic N) is 2. The lowest BCUT2D eigenvalue weighted by molar-refractivity contribution is 0.0751. The summed E-state index contributed by atoms with van der Waals surface area (Å²) in [6, 6.07) is 17.4. The van der Waals surface area contributed by atoms with Crippen molar-refractivity contribution in [3.8, 4) is 11.5 Å². The van der Waals surface area contributed by atoms with Crippen LogP contribution in [0.5, 0.6) is 11.5 Å². The molecule has 172 valence electrons. The Morgan fingerprint density at radius 2 is 1.79 bits per heavy atom. The fourth-order valence-corrected chi connectivity index (χ4v) is 4.75. The molecule has 3 aromatic rings. The molecule has 0 spiro atoms. The van der Waals surface area contributed by atoms with Crippen molar-refractivity contribution in [3.63, 3.8) is 0 Å². The molecule has 1 N–H and O–H groups in total. The van der Waals surface area contributed by atoms with Crippen molar-refractivity contribution < 1.29 is 14.6 Å². The van der Waals surface area contributed by atoms with Crippen LogP contribution >= 0.6 is 11.8 Å². The number of phenols is 1. The van der Waals surface area contributed by atoms with Gasteiger partial charge in [0.1, 0.15) is 18.1 Å². The number of rotatable bonds is 7. The Bertz CT molecular complexity index is 1180. The fourth-order valence-electron chi connectivity index (χ4n) is 3.77. The lowest BCUT2D eigenvalue weighted by atomic mass is 10.1. The van der Waals surface area contributed by atoms with E-state index in [4.69, 9.17) is 4.74 Å². The van der Waals surface area contributed by atoms with Gasteiger partial charge in [-0.05, 0) is 92.7 Å². The maximum atomic E-state index is 13.3. The topological polar surface area (TPSA) is 53.0 Å². The summed E-state index contributed by atoms with van der Waals surface area (Å²) < 4.78 is 5.85. The molecule has 0 unspecified atom stereocenters. The number of aryl methyl sites for hydroxylation is 2. The van der Waals surface area contributed by atoms with Gasteiger partial charge in [0.15, 0.2) is 0 Å². The molecule has 0 atom stereocenters. The number of aromatic hydroxyl groups is 1. The van der Waals surface area contributed by atoms with E-state index in [0.717, 1.165) is 28.3 Å². The Hall–Kier alpha value is -2.96. The highest BCUT2D eigenvalue weighted by Gasteiger charge is 2.25. The molecule has 0 bridgehead atoms. The first kappa shape index (κ1) is 23.2. The molecule has 0 fully saturated rings. The van der Waals surface area contributed by atoms with E-state index in [2.05, 4.69) is 30.9 Å². The second-order valence-electron chi connectivity index (χ2n) is 8.77. The van der Waals surface area contributed by atoms with E-state index in [0.29, 0.717) is 30.2 Å². The molecule has 1 heterocycles. The number of carbonyl (C=O) groups excluding carboxylic acids is 1. The van der Waals surface area contributed by atoms with E-state index in [1.165, 1.54) is 22.9 Å². The first-order chi connectivity index (χ1) is 15.8. The molecule has 3 aromatic carbocycles. The van der Waals surface area contributed by atoms with Crippen molar-refractivity contribution in [1.82, 2.24) is 9.80 Å². The number of fused-ring (bicyclic) bond motifs is 1. The smallest absolute Gasteiger partial charge is 0.254 e. The maximum Gasteiger partial charge on any atom is 0.254 e. The Morgan fingerprint density at radius 1 is 1.00 bits per heavy atom. The minimum Gasteiger partial charge on any atom is -0.507 e. The van der Waals surface area contributed by atoms with Crippen molar-refractivity contribution in [2.24, 2.45) is 0 Å². The van der Waals surface area contributed by atoms with Crippen LogP contribution in [-0.4, -0.2) is 48.1 Å². The quantitative estimate of drug-likeness (QED) is 0.519. The first-order valence-electron chi connectivity index (χ1n) is 11.1. The van der Waals surface area contributed by atoms with Crippen LogP contribution in [0.2, 0.25) is 0 Å². The standard InChI is InChI=1S/C27H30N2O3S/c1-18-5-9-24(13-19(18)2)33-26-15-20(7-10-25(26)30)27(31)29-16-21-6-8-23(14-22(21)17-29)32-12-11-28(3)4/h5-10,13-15,30H,11-12,16-17H2,1-4H3. The van der Waals surface area contributed by atoms with Crippen molar-refractivity contribution in [2.75, 3.05) is 27.2 Å². The third-order valence-electron chi connectivity index (χ3n) is 5.91. The maximum absolute atomic E-state index is 13.3. The van der Waals surface area contributed by atoms with Crippen LogP contribution in [0.1, 0.15) is 32.6 Å². The number of benzene rings is 3. The normalized spacial score (nSPS) is 12.8. The van der Waals surface area contributed by atoms with Gasteiger partial charge in [0.2, 0.25) is 0 Å². The molecule has 1 aliphatic heterocycles. The summed E-state index contributed by atoms with van der Waals surface area (Å²) in [5, 5.41) is 10.4. The highest BCUT2D eigenvalue weighted by molar-refractivity contribution is 7.99. The number of hydrogen-bond acceptors (Lipinski definition) is 5. The zero-order valence-corrected chi connectivity index (χ0v) is 20.4. The van der Waals surface area contributed by atoms with Crippen molar-refractivity contribution >= 4 is 17.7 Å². The van der Waals surface area contributed by atoms with Crippen LogP contribution in [-0.2, 0) is 13.1 Å². The molecule has 1 amide bonds. The SMILES string of the molecule is Cc1ccc(Sc2cc(C(=O)N3Cc4ccc(OCCN(C)C)cc4C3)ccc2O)cc1C. The molecule has 0 radical (unpaired) electrons. The van der Waals surface area contributed by atoms with E-state index in [1.807, 2.05) is 43.3 Å². The van der Waals surface area contributed by atoms with Crippen LogP contribution in [0.3, 0.4) is 0 Å². The monoisotopic (exact) mass is 462 g/mol. The Balaban J connectivity index is 1.46. The summed E-state index contributed by atoms with van der Waals surface area (Å²) in [5.41, 5.74) is 5.27. The summed E-state index contributed by atoms with van der Waals surface area (Å²) in [5.74, 6) is 0.976. The summed E-state index contributed by atoms with van der Waals surface area (Å²) in [4.78, 5) is 18.9. The highest BCUT2D eigenvalue weighted by Crippen LogP contribution is 2.36. The van der Waals surface area contributed by atoms with E-state index in [9.17, 15) is 9.90 Å². The molecule has 33 heavy (non-hydrogen) atoms. The molecular formula is C27H30N2O3S. The molecule has 5 nitrogen and oxygen atoms in total. The summed E-state index contributed by atoms with van der Waals surface area (Å²) in [6.45, 7) is 6.76. The Kier molecular flexibility index (Phi) is 6.96. The predicted molar refractivity (Wildman–Crippen MR) is 132 cm³/mol. The minimum absolute atomic E-state index is 0.0387. The zero-order valence-electron chi connectivity index (χ0n) is 19.6. The van der Waals surface area contributed by atoms with E-state index in [-0.39, 0.29) is 11.7 Å². The molecule has 0 aromatic heterocycles. The van der Waals surface area contributed by atoms with Gasteiger partial charge in [-0.1, -0.05) is 23.9 Å². The molecule has 0 saturated carbocycles. The van der Waals surface area contributed by atoms with Crippen LogP contribution in [0.15, 0.2) is 64.4 Å². The lowest BCUT2D eigenvalue weighted by Crippen LogP contribution is -2.25. The minimum atomic E-state index is -0.0387. The van der Waals surface area contributed by atoms with Crippen LogP contribution in [0.4, 0.5) is 0 Å². The summed E-state index contributed by atoms with van der Waals surface area (Å²) in [7, 11) is 4.04. The van der Waals surface area contributed by atoms with Crippen molar-refractivity contribution in [3.05, 3.63) is 82.4 Å². The van der Waals surface area contributed by atoms with Gasteiger partial charge in [-0.25, -0.2) is 0 Å². The molecule has 0 aliphatic carbocycles. The Morgan fingerprint density at radius 3 is 2.55 bits per heavy atom. The number of carbonyl (C=O) groups is 1. The van der Waals surface area contributed by atoms with Gasteiger partial charge in [0.25, 0.3) is 5.91 Å². The third kappa shape index (κ3) is 5.52. The second-order valence-corrected chi connectivity index (χ2v) is 9.89. The largest absolute Gasteiger partial charge is 0.507 e. The van der Waals surface area contributed by atoms with Gasteiger partial charge >= 0.3 is 0 Å². The average Bonchev–Trinajstić information content (AvgIpc) is 3.20. The predicted octanol–water partition coefficient (Wildman–Crippen LogP) is 5.26. The third-order valence-corrected chi connectivity index (χ3v) is 6.94. The van der Waals surface area contributed by atoms with Gasteiger partial charge in [0.05, 0.1) is 4.90 Å². The molecule has 6 heteroatoms. The number of amides is 1. The Labute approximate surface area is 200 Å². The van der Waals surface area contributed by atoms with Gasteiger partial charge in [-0.15, -0.1) is 0 Å². The van der Waals surface area contributed by atoms with Crippen LogP contribution in [0.25, 0.3) is 0 Å². The van der Waals surface area contributed by atoms with E-state index >= 15 is 0 Å². The summed E-state index contributed by atoms with van der Waals surface area (Å²) >= 11 is 1.47. The lowest BCUT2D eigenvalue weighted by Gasteiger charge is -2.16. The first-order valence-corrected chi connectivity index (χ1v) is 11.9. The molecule has 4 rings (SSSR count). The van der Waals surface area contributed by atoms with E-state index < -0.39 is 0 Å². The average molecular weight is 463 g/mol. The van der Waals surface area contributed by atoms with Crippen molar-refractivity contribution in [2.45, 2.75) is 36.7 Å². The molecule has 0 saturated heterocycles. The van der Waals surface area contributed by atoms with Gasteiger partial charge in [-0.2, -0.15) is 0 Å². The fraction of sp³-hybridized carbons (Fsp3) is 0.296.